The van der Waals surface area contributed by atoms with Crippen LogP contribution < -0.4 is 14.8 Å². The number of carbonyl (C=O) groups excluding carboxylic acids is 1. The number of nitrogens with one attached hydrogen (secondary N) is 2. The largest absolute Gasteiger partial charge is 0.495 e. The van der Waals surface area contributed by atoms with Gasteiger partial charge < -0.3 is 10.1 Å². The van der Waals surface area contributed by atoms with Crippen LogP contribution in [0.15, 0.2) is 53.4 Å². The minimum absolute atomic E-state index is 0.0818. The number of sulfonamides is 1. The Kier molecular flexibility index (Phi) is 5.58. The van der Waals surface area contributed by atoms with E-state index in [0.717, 1.165) is 18.4 Å². The second-order valence-corrected chi connectivity index (χ2v) is 8.00. The first-order chi connectivity index (χ1) is 12.5. The van der Waals surface area contributed by atoms with Gasteiger partial charge in [-0.2, -0.15) is 0 Å². The van der Waals surface area contributed by atoms with Gasteiger partial charge >= 0.3 is 0 Å². The van der Waals surface area contributed by atoms with E-state index in [1.165, 1.54) is 0 Å². The molecule has 26 heavy (non-hydrogen) atoms. The van der Waals surface area contributed by atoms with Crippen LogP contribution in [0.1, 0.15) is 24.8 Å². The second-order valence-electron chi connectivity index (χ2n) is 6.29. The van der Waals surface area contributed by atoms with Crippen molar-refractivity contribution < 1.29 is 17.9 Å². The van der Waals surface area contributed by atoms with Crippen LogP contribution in [0.2, 0.25) is 0 Å². The molecule has 0 aliphatic heterocycles. The predicted molar refractivity (Wildman–Crippen MR) is 99.7 cm³/mol. The molecule has 2 aromatic carbocycles. The molecule has 0 heterocycles. The Balaban J connectivity index is 1.55. The second kappa shape index (κ2) is 7.88. The van der Waals surface area contributed by atoms with E-state index >= 15 is 0 Å². The topological polar surface area (TPSA) is 84.5 Å². The third-order valence-electron chi connectivity index (χ3n) is 4.15. The molecular formula is C19H22N2O4S. The third-order valence-corrected chi connectivity index (χ3v) is 5.69. The number of benzene rings is 2. The maximum atomic E-state index is 12.1. The lowest BCUT2D eigenvalue weighted by Crippen LogP contribution is -2.25. The minimum atomic E-state index is -3.44. The van der Waals surface area contributed by atoms with E-state index in [1.807, 2.05) is 12.1 Å². The van der Waals surface area contributed by atoms with Gasteiger partial charge in [0.15, 0.2) is 0 Å². The van der Waals surface area contributed by atoms with Gasteiger partial charge in [0.25, 0.3) is 0 Å². The van der Waals surface area contributed by atoms with E-state index < -0.39 is 10.0 Å². The first-order valence-electron chi connectivity index (χ1n) is 8.52. The van der Waals surface area contributed by atoms with Gasteiger partial charge in [-0.15, -0.1) is 0 Å². The first-order valence-corrected chi connectivity index (χ1v) is 10.0. The quantitative estimate of drug-likeness (QED) is 0.744. The van der Waals surface area contributed by atoms with Crippen molar-refractivity contribution >= 4 is 21.6 Å². The van der Waals surface area contributed by atoms with E-state index in [2.05, 4.69) is 10.0 Å². The fraction of sp³-hybridized carbons (Fsp3) is 0.316. The van der Waals surface area contributed by atoms with E-state index in [0.29, 0.717) is 24.3 Å². The number of aryl methyl sites for hydroxylation is 1. The summed E-state index contributed by atoms with van der Waals surface area (Å²) < 4.78 is 32.1. The van der Waals surface area contributed by atoms with Gasteiger partial charge in [-0.05, 0) is 49.1 Å². The highest BCUT2D eigenvalue weighted by Crippen LogP contribution is 2.24. The van der Waals surface area contributed by atoms with Crippen LogP contribution in [-0.4, -0.2) is 27.5 Å². The summed E-state index contributed by atoms with van der Waals surface area (Å²) in [5, 5.41) is 2.83. The highest BCUT2D eigenvalue weighted by Gasteiger charge is 2.27. The van der Waals surface area contributed by atoms with Gasteiger partial charge in [0.2, 0.25) is 15.9 Å². The molecule has 3 rings (SSSR count). The van der Waals surface area contributed by atoms with Gasteiger partial charge in [-0.1, -0.05) is 24.3 Å². The molecule has 138 valence electrons. The molecule has 0 saturated heterocycles. The zero-order chi connectivity index (χ0) is 18.6. The molecule has 2 aromatic rings. The van der Waals surface area contributed by atoms with Crippen molar-refractivity contribution in [1.29, 1.82) is 0 Å². The molecule has 0 spiro atoms. The SMILES string of the molecule is COc1ccccc1NC(=O)CCc1ccc(S(=O)(=O)NC2CC2)cc1. The Labute approximate surface area is 153 Å². The van der Waals surface area contributed by atoms with Crippen molar-refractivity contribution in [2.75, 3.05) is 12.4 Å². The molecule has 1 fully saturated rings. The summed E-state index contributed by atoms with van der Waals surface area (Å²) >= 11 is 0. The van der Waals surface area contributed by atoms with Crippen LogP contribution in [0.3, 0.4) is 0 Å². The normalized spacial score (nSPS) is 14.0. The maximum Gasteiger partial charge on any atom is 0.240 e. The molecule has 2 N–H and O–H groups in total. The molecular weight excluding hydrogens is 352 g/mol. The van der Waals surface area contributed by atoms with Crippen molar-refractivity contribution in [3.63, 3.8) is 0 Å². The number of carbonyl (C=O) groups is 1. The highest BCUT2D eigenvalue weighted by molar-refractivity contribution is 7.89. The summed E-state index contributed by atoms with van der Waals surface area (Å²) in [7, 11) is -1.88. The number of ether oxygens (including phenoxy) is 1. The van der Waals surface area contributed by atoms with Gasteiger partial charge in [0.1, 0.15) is 5.75 Å². The van der Waals surface area contributed by atoms with Gasteiger partial charge in [-0.25, -0.2) is 13.1 Å². The number of hydrogen-bond donors (Lipinski definition) is 2. The summed E-state index contributed by atoms with van der Waals surface area (Å²) in [5.74, 6) is 0.486. The fourth-order valence-corrected chi connectivity index (χ4v) is 3.85. The molecule has 1 saturated carbocycles. The van der Waals surface area contributed by atoms with E-state index in [9.17, 15) is 13.2 Å². The highest BCUT2D eigenvalue weighted by atomic mass is 32.2. The molecule has 6 nitrogen and oxygen atoms in total. The summed E-state index contributed by atoms with van der Waals surface area (Å²) in [4.78, 5) is 12.4. The standard InChI is InChI=1S/C19H22N2O4S/c1-25-18-5-3-2-4-17(18)20-19(22)13-8-14-6-11-16(12-7-14)26(23,24)21-15-9-10-15/h2-7,11-12,15,21H,8-10,13H2,1H3,(H,20,22). The Morgan fingerprint density at radius 1 is 1.12 bits per heavy atom. The average molecular weight is 374 g/mol. The number of amides is 1. The van der Waals surface area contributed by atoms with Crippen molar-refractivity contribution in [3.05, 3.63) is 54.1 Å². The average Bonchev–Trinajstić information content (AvgIpc) is 3.44. The van der Waals surface area contributed by atoms with Crippen LogP contribution in [0, 0.1) is 0 Å². The van der Waals surface area contributed by atoms with Crippen LogP contribution in [0.5, 0.6) is 5.75 Å². The molecule has 7 heteroatoms. The van der Waals surface area contributed by atoms with E-state index in [-0.39, 0.29) is 16.8 Å². The Morgan fingerprint density at radius 3 is 2.46 bits per heavy atom. The molecule has 0 aromatic heterocycles. The van der Waals surface area contributed by atoms with Crippen molar-refractivity contribution in [1.82, 2.24) is 4.72 Å². The van der Waals surface area contributed by atoms with Gasteiger partial charge in [0, 0.05) is 12.5 Å². The Bertz CT molecular complexity index is 875. The number of anilines is 1. The molecule has 0 atom stereocenters. The Morgan fingerprint density at radius 2 is 1.81 bits per heavy atom. The smallest absolute Gasteiger partial charge is 0.240 e. The molecule has 1 aliphatic rings. The van der Waals surface area contributed by atoms with Crippen molar-refractivity contribution in [2.45, 2.75) is 36.6 Å². The molecule has 1 aliphatic carbocycles. The maximum absolute atomic E-state index is 12.1. The molecule has 1 amide bonds. The van der Waals surface area contributed by atoms with Crippen LogP contribution >= 0.6 is 0 Å². The summed E-state index contributed by atoms with van der Waals surface area (Å²) in [6.07, 6.45) is 2.62. The van der Waals surface area contributed by atoms with Crippen molar-refractivity contribution in [2.24, 2.45) is 0 Å². The van der Waals surface area contributed by atoms with Crippen LogP contribution in [0.25, 0.3) is 0 Å². The molecule has 0 radical (unpaired) electrons. The first kappa shape index (κ1) is 18.4. The fourth-order valence-electron chi connectivity index (χ4n) is 2.54. The molecule has 0 unspecified atom stereocenters. The monoisotopic (exact) mass is 374 g/mol. The number of rotatable bonds is 8. The lowest BCUT2D eigenvalue weighted by Gasteiger charge is -2.10. The van der Waals surface area contributed by atoms with E-state index in [4.69, 9.17) is 4.74 Å². The summed E-state index contributed by atoms with van der Waals surface area (Å²) in [6, 6.07) is 14.0. The number of hydrogen-bond acceptors (Lipinski definition) is 4. The van der Waals surface area contributed by atoms with Crippen LogP contribution in [0.4, 0.5) is 5.69 Å². The minimum Gasteiger partial charge on any atom is -0.495 e. The lowest BCUT2D eigenvalue weighted by atomic mass is 10.1. The van der Waals surface area contributed by atoms with E-state index in [1.54, 1.807) is 43.5 Å². The third kappa shape index (κ3) is 4.83. The lowest BCUT2D eigenvalue weighted by molar-refractivity contribution is -0.116. The summed E-state index contributed by atoms with van der Waals surface area (Å²) in [5.41, 5.74) is 1.54. The zero-order valence-corrected chi connectivity index (χ0v) is 15.4. The number of para-hydroxylation sites is 2. The number of methoxy groups -OCH3 is 1. The summed E-state index contributed by atoms with van der Waals surface area (Å²) in [6.45, 7) is 0. The molecule has 0 bridgehead atoms. The zero-order valence-electron chi connectivity index (χ0n) is 14.6. The van der Waals surface area contributed by atoms with Gasteiger partial charge in [0.05, 0.1) is 17.7 Å². The Hall–Kier alpha value is -2.38. The predicted octanol–water partition coefficient (Wildman–Crippen LogP) is 2.71. The van der Waals surface area contributed by atoms with Crippen molar-refractivity contribution in [3.8, 4) is 5.75 Å². The van der Waals surface area contributed by atoms with Gasteiger partial charge in [-0.3, -0.25) is 4.79 Å². The van der Waals surface area contributed by atoms with Crippen LogP contribution in [-0.2, 0) is 21.2 Å².